The van der Waals surface area contributed by atoms with Gasteiger partial charge in [-0.05, 0) is 51.7 Å². The molecule has 1 atom stereocenters. The van der Waals surface area contributed by atoms with Crippen molar-refractivity contribution in [3.05, 3.63) is 0 Å². The van der Waals surface area contributed by atoms with E-state index in [0.29, 0.717) is 23.5 Å². The summed E-state index contributed by atoms with van der Waals surface area (Å²) in [4.78, 5) is 27.2. The molecule has 0 aromatic heterocycles. The Kier molecular flexibility index (Phi) is 8.82. The molecule has 2 rings (SSSR count). The van der Waals surface area contributed by atoms with Crippen LogP contribution >= 0.6 is 0 Å². The average molecular weight is 325 g/mol. The van der Waals surface area contributed by atoms with Crippen LogP contribution in [0.1, 0.15) is 59.8 Å². The molecule has 0 spiro atoms. The van der Waals surface area contributed by atoms with Crippen LogP contribution in [0.4, 0.5) is 0 Å². The second-order valence-electron chi connectivity index (χ2n) is 7.63. The Hall–Kier alpha value is -0.900. The van der Waals surface area contributed by atoms with E-state index in [9.17, 15) is 9.59 Å². The van der Waals surface area contributed by atoms with Crippen molar-refractivity contribution in [1.29, 1.82) is 0 Å². The summed E-state index contributed by atoms with van der Waals surface area (Å²) in [5, 5.41) is 0. The molecule has 2 aliphatic heterocycles. The quantitative estimate of drug-likeness (QED) is 0.797. The number of ketones is 1. The summed E-state index contributed by atoms with van der Waals surface area (Å²) in [7, 11) is 2.13. The third-order valence-electron chi connectivity index (χ3n) is 4.90. The van der Waals surface area contributed by atoms with E-state index in [1.165, 1.54) is 6.42 Å². The van der Waals surface area contributed by atoms with Crippen LogP contribution < -0.4 is 0 Å². The first-order valence-corrected chi connectivity index (χ1v) is 9.35. The number of carbonyl (C=O) groups excluding carboxylic acids is 2. The highest BCUT2D eigenvalue weighted by molar-refractivity contribution is 5.81. The lowest BCUT2D eigenvalue weighted by Gasteiger charge is -2.27. The van der Waals surface area contributed by atoms with Gasteiger partial charge < -0.3 is 9.80 Å². The first-order chi connectivity index (χ1) is 10.8. The van der Waals surface area contributed by atoms with Gasteiger partial charge in [-0.15, -0.1) is 0 Å². The molecule has 0 N–H and O–H groups in total. The first-order valence-electron chi connectivity index (χ1n) is 9.35. The minimum absolute atomic E-state index is 0.167. The molecule has 0 aliphatic carbocycles. The van der Waals surface area contributed by atoms with E-state index in [1.807, 2.05) is 18.7 Å². The molecule has 4 heteroatoms. The lowest BCUT2D eigenvalue weighted by molar-refractivity contribution is -0.133. The number of Topliss-reactive ketones (excluding diaryl/α,β-unsaturated/α-hetero) is 1. The number of hydrogen-bond acceptors (Lipinski definition) is 3. The fourth-order valence-electron chi connectivity index (χ4n) is 3.28. The van der Waals surface area contributed by atoms with Gasteiger partial charge in [0.15, 0.2) is 0 Å². The zero-order valence-electron chi connectivity index (χ0n) is 15.8. The average Bonchev–Trinajstić information content (AvgIpc) is 2.94. The highest BCUT2D eigenvalue weighted by Gasteiger charge is 2.24. The van der Waals surface area contributed by atoms with Crippen molar-refractivity contribution in [3.63, 3.8) is 0 Å². The van der Waals surface area contributed by atoms with Gasteiger partial charge in [0.2, 0.25) is 5.91 Å². The minimum Gasteiger partial charge on any atom is -0.342 e. The number of rotatable bonds is 4. The molecule has 4 nitrogen and oxygen atoms in total. The van der Waals surface area contributed by atoms with Crippen LogP contribution in [-0.2, 0) is 9.59 Å². The summed E-state index contributed by atoms with van der Waals surface area (Å²) < 4.78 is 0. The topological polar surface area (TPSA) is 40.6 Å². The molecular weight excluding hydrogens is 288 g/mol. The fourth-order valence-corrected chi connectivity index (χ4v) is 3.28. The number of carbonyl (C=O) groups is 2. The summed E-state index contributed by atoms with van der Waals surface area (Å²) in [6, 6.07) is 0. The van der Waals surface area contributed by atoms with Crippen LogP contribution in [0.3, 0.4) is 0 Å². The Bertz CT molecular complexity index is 374. The van der Waals surface area contributed by atoms with Gasteiger partial charge in [0.05, 0.1) is 0 Å². The Morgan fingerprint density at radius 2 is 1.70 bits per heavy atom. The predicted octanol–water partition coefficient (Wildman–Crippen LogP) is 3.21. The predicted molar refractivity (Wildman–Crippen MR) is 95.3 cm³/mol. The summed E-state index contributed by atoms with van der Waals surface area (Å²) in [5.41, 5.74) is 0. The number of likely N-dealkylation sites (tertiary alicyclic amines) is 2. The molecule has 0 bridgehead atoms. The lowest BCUT2D eigenvalue weighted by atomic mass is 9.91. The third-order valence-corrected chi connectivity index (χ3v) is 4.90. The van der Waals surface area contributed by atoms with E-state index in [1.54, 1.807) is 0 Å². The van der Waals surface area contributed by atoms with Gasteiger partial charge in [-0.3, -0.25) is 9.59 Å². The van der Waals surface area contributed by atoms with Crippen molar-refractivity contribution in [2.75, 3.05) is 33.2 Å². The van der Waals surface area contributed by atoms with Gasteiger partial charge >= 0.3 is 0 Å². The molecule has 2 heterocycles. The highest BCUT2D eigenvalue weighted by Crippen LogP contribution is 2.18. The molecule has 2 fully saturated rings. The summed E-state index contributed by atoms with van der Waals surface area (Å²) >= 11 is 0. The number of hydrogen-bond donors (Lipinski definition) is 0. The summed E-state index contributed by atoms with van der Waals surface area (Å²) in [5.74, 6) is 2.05. The molecular formula is C19H36N2O2. The van der Waals surface area contributed by atoms with E-state index in [-0.39, 0.29) is 5.92 Å². The Morgan fingerprint density at radius 1 is 1.09 bits per heavy atom. The van der Waals surface area contributed by atoms with Gasteiger partial charge in [0.1, 0.15) is 5.78 Å². The normalized spacial score (nSPS) is 22.9. The second kappa shape index (κ2) is 10.1. The van der Waals surface area contributed by atoms with Crippen LogP contribution in [0, 0.1) is 17.8 Å². The Labute approximate surface area is 142 Å². The smallest absolute Gasteiger partial charge is 0.225 e. The third kappa shape index (κ3) is 7.03. The van der Waals surface area contributed by atoms with Crippen LogP contribution in [-0.4, -0.2) is 54.7 Å². The summed E-state index contributed by atoms with van der Waals surface area (Å²) in [6.45, 7) is 12.3. The summed E-state index contributed by atoms with van der Waals surface area (Å²) in [6.07, 6.45) is 5.13. The number of amides is 1. The maximum Gasteiger partial charge on any atom is 0.225 e. The van der Waals surface area contributed by atoms with Crippen molar-refractivity contribution >= 4 is 11.7 Å². The number of nitrogens with zero attached hydrogens (tertiary/aromatic N) is 2. The fraction of sp³-hybridized carbons (Fsp3) is 0.895. The van der Waals surface area contributed by atoms with Gasteiger partial charge in [-0.2, -0.15) is 0 Å². The zero-order chi connectivity index (χ0) is 17.4. The monoisotopic (exact) mass is 324 g/mol. The Morgan fingerprint density at radius 3 is 2.13 bits per heavy atom. The lowest BCUT2D eigenvalue weighted by Crippen LogP contribution is -2.33. The van der Waals surface area contributed by atoms with E-state index < -0.39 is 0 Å². The largest absolute Gasteiger partial charge is 0.342 e. The molecule has 0 aromatic rings. The van der Waals surface area contributed by atoms with Crippen molar-refractivity contribution in [2.45, 2.75) is 59.8 Å². The molecule has 23 heavy (non-hydrogen) atoms. The SMILES string of the molecule is CC1CCN(C(=O)C(C)C)C1.CCCC(=O)C1CCN(C)CC1. The molecule has 134 valence electrons. The van der Waals surface area contributed by atoms with Crippen molar-refractivity contribution in [1.82, 2.24) is 9.80 Å². The molecule has 0 saturated carbocycles. The van der Waals surface area contributed by atoms with Crippen molar-refractivity contribution in [3.8, 4) is 0 Å². The van der Waals surface area contributed by atoms with Gasteiger partial charge in [-0.25, -0.2) is 0 Å². The van der Waals surface area contributed by atoms with E-state index >= 15 is 0 Å². The highest BCUT2D eigenvalue weighted by atomic mass is 16.2. The molecule has 0 aromatic carbocycles. The molecule has 2 saturated heterocycles. The maximum atomic E-state index is 11.5. The Balaban J connectivity index is 0.000000231. The molecule has 1 unspecified atom stereocenters. The van der Waals surface area contributed by atoms with E-state index in [2.05, 4.69) is 25.8 Å². The van der Waals surface area contributed by atoms with Crippen molar-refractivity contribution < 1.29 is 9.59 Å². The van der Waals surface area contributed by atoms with Crippen molar-refractivity contribution in [2.24, 2.45) is 17.8 Å². The van der Waals surface area contributed by atoms with Gasteiger partial charge in [-0.1, -0.05) is 27.7 Å². The van der Waals surface area contributed by atoms with Crippen LogP contribution in [0.5, 0.6) is 0 Å². The molecule has 1 amide bonds. The first kappa shape index (κ1) is 20.1. The number of piperidine rings is 1. The molecule has 2 aliphatic rings. The van der Waals surface area contributed by atoms with E-state index in [4.69, 9.17) is 0 Å². The van der Waals surface area contributed by atoms with Crippen LogP contribution in [0.15, 0.2) is 0 Å². The van der Waals surface area contributed by atoms with Crippen LogP contribution in [0.2, 0.25) is 0 Å². The van der Waals surface area contributed by atoms with Gasteiger partial charge in [0.25, 0.3) is 0 Å². The second-order valence-corrected chi connectivity index (χ2v) is 7.63. The van der Waals surface area contributed by atoms with Crippen LogP contribution in [0.25, 0.3) is 0 Å². The van der Waals surface area contributed by atoms with Gasteiger partial charge in [0, 0.05) is 31.3 Å². The molecule has 0 radical (unpaired) electrons. The van der Waals surface area contributed by atoms with E-state index in [0.717, 1.165) is 51.9 Å². The zero-order valence-corrected chi connectivity index (χ0v) is 15.8. The standard InChI is InChI=1S/C10H19NO.C9H17NO/c1-3-4-10(12)9-5-7-11(2)8-6-9;1-7(2)9(11)10-5-4-8(3)6-10/h9H,3-8H2,1-2H3;7-8H,4-6H2,1-3H3. The minimum atomic E-state index is 0.167. The maximum absolute atomic E-state index is 11.5.